The Hall–Kier alpha value is -0.0900. The minimum atomic E-state index is 0.0103. The lowest BCUT2D eigenvalue weighted by Crippen LogP contribution is -2.40. The third-order valence-electron chi connectivity index (χ3n) is 4.42. The Balaban J connectivity index is 1.87. The Labute approximate surface area is 112 Å². The number of amides is 1. The second kappa shape index (κ2) is 4.88. The minimum Gasteiger partial charge on any atom is -0.374 e. The van der Waals surface area contributed by atoms with Gasteiger partial charge < -0.3 is 10.1 Å². The maximum absolute atomic E-state index is 12.2. The van der Waals surface area contributed by atoms with Crippen LogP contribution in [0.2, 0.25) is 0 Å². The molecule has 17 heavy (non-hydrogen) atoms. The lowest BCUT2D eigenvalue weighted by atomic mass is 9.88. The molecule has 4 atom stereocenters. The number of ether oxygens (including phenoxy) is 1. The van der Waals surface area contributed by atoms with Gasteiger partial charge in [-0.1, -0.05) is 22.9 Å². The molecule has 0 spiro atoms. The summed E-state index contributed by atoms with van der Waals surface area (Å²) >= 11 is 3.52. The van der Waals surface area contributed by atoms with Crippen LogP contribution in [0.25, 0.3) is 0 Å². The van der Waals surface area contributed by atoms with Crippen molar-refractivity contribution in [1.82, 2.24) is 5.32 Å². The van der Waals surface area contributed by atoms with Gasteiger partial charge in [0, 0.05) is 11.9 Å². The van der Waals surface area contributed by atoms with Crippen molar-refractivity contribution in [2.75, 3.05) is 11.9 Å². The van der Waals surface area contributed by atoms with Gasteiger partial charge in [0.25, 0.3) is 0 Å². The van der Waals surface area contributed by atoms with Crippen molar-refractivity contribution in [2.24, 2.45) is 17.3 Å². The number of hydrogen-bond acceptors (Lipinski definition) is 2. The van der Waals surface area contributed by atoms with Crippen LogP contribution in [0.1, 0.15) is 33.6 Å². The minimum absolute atomic E-state index is 0.0103. The van der Waals surface area contributed by atoms with Crippen molar-refractivity contribution in [2.45, 2.75) is 45.8 Å². The smallest absolute Gasteiger partial charge is 0.226 e. The first-order valence-corrected chi connectivity index (χ1v) is 7.60. The number of nitrogens with one attached hydrogen (secondary N) is 1. The summed E-state index contributed by atoms with van der Waals surface area (Å²) in [4.78, 5) is 12.2. The molecule has 4 unspecified atom stereocenters. The summed E-state index contributed by atoms with van der Waals surface area (Å²) in [6.45, 7) is 6.97. The van der Waals surface area contributed by atoms with E-state index in [1.165, 1.54) is 12.8 Å². The largest absolute Gasteiger partial charge is 0.374 e. The van der Waals surface area contributed by atoms with Crippen molar-refractivity contribution in [1.29, 1.82) is 0 Å². The second-order valence-corrected chi connectivity index (χ2v) is 6.34. The first kappa shape index (κ1) is 13.3. The summed E-state index contributed by atoms with van der Waals surface area (Å²) in [6.07, 6.45) is 2.67. The molecule has 1 saturated heterocycles. The van der Waals surface area contributed by atoms with Gasteiger partial charge in [0.05, 0.1) is 18.1 Å². The van der Waals surface area contributed by atoms with Crippen LogP contribution < -0.4 is 5.32 Å². The van der Waals surface area contributed by atoms with E-state index in [0.29, 0.717) is 11.3 Å². The van der Waals surface area contributed by atoms with E-state index < -0.39 is 0 Å². The Morgan fingerprint density at radius 1 is 1.35 bits per heavy atom. The normalized spacial score (nSPS) is 39.1. The van der Waals surface area contributed by atoms with Crippen molar-refractivity contribution in [3.05, 3.63) is 0 Å². The number of halogens is 1. The van der Waals surface area contributed by atoms with Crippen LogP contribution in [0, 0.1) is 17.3 Å². The van der Waals surface area contributed by atoms with Gasteiger partial charge in [0.1, 0.15) is 0 Å². The summed E-state index contributed by atoms with van der Waals surface area (Å²) in [5.74, 6) is 0.488. The van der Waals surface area contributed by atoms with Gasteiger partial charge in [-0.3, -0.25) is 4.79 Å². The monoisotopic (exact) mass is 303 g/mol. The van der Waals surface area contributed by atoms with Gasteiger partial charge >= 0.3 is 0 Å². The molecule has 1 N–H and O–H groups in total. The molecule has 3 nitrogen and oxygen atoms in total. The molecule has 0 bridgehead atoms. The van der Waals surface area contributed by atoms with Gasteiger partial charge in [0.15, 0.2) is 0 Å². The summed E-state index contributed by atoms with van der Waals surface area (Å²) in [6, 6.07) is 0. The first-order valence-electron chi connectivity index (χ1n) is 6.48. The third kappa shape index (κ3) is 2.68. The van der Waals surface area contributed by atoms with E-state index in [9.17, 15) is 4.79 Å². The fourth-order valence-electron chi connectivity index (χ4n) is 2.65. The number of hydrogen-bond donors (Lipinski definition) is 1. The first-order chi connectivity index (χ1) is 7.99. The highest BCUT2D eigenvalue weighted by Crippen LogP contribution is 2.46. The summed E-state index contributed by atoms with van der Waals surface area (Å²) in [5, 5.41) is 4.10. The van der Waals surface area contributed by atoms with Gasteiger partial charge in [-0.2, -0.15) is 0 Å². The molecular formula is C13H22BrNO2. The Bertz CT molecular complexity index is 304. The zero-order valence-corrected chi connectivity index (χ0v) is 12.4. The van der Waals surface area contributed by atoms with Crippen LogP contribution in [-0.4, -0.2) is 30.0 Å². The Morgan fingerprint density at radius 2 is 2.00 bits per heavy atom. The van der Waals surface area contributed by atoms with Gasteiger partial charge in [-0.15, -0.1) is 0 Å². The van der Waals surface area contributed by atoms with E-state index in [2.05, 4.69) is 35.1 Å². The van der Waals surface area contributed by atoms with E-state index in [4.69, 9.17) is 4.74 Å². The molecule has 1 saturated carbocycles. The second-order valence-electron chi connectivity index (χ2n) is 5.78. The molecule has 4 heteroatoms. The van der Waals surface area contributed by atoms with Crippen molar-refractivity contribution < 1.29 is 9.53 Å². The van der Waals surface area contributed by atoms with Crippen LogP contribution in [0.15, 0.2) is 0 Å². The zero-order chi connectivity index (χ0) is 12.6. The fraction of sp³-hybridized carbons (Fsp3) is 0.923. The molecule has 1 heterocycles. The van der Waals surface area contributed by atoms with Crippen LogP contribution in [0.5, 0.6) is 0 Å². The average Bonchev–Trinajstić information content (AvgIpc) is 3.02. The molecule has 1 aliphatic heterocycles. The molecular weight excluding hydrogens is 282 g/mol. The number of rotatable bonds is 4. The molecule has 1 aliphatic carbocycles. The van der Waals surface area contributed by atoms with Gasteiger partial charge in [-0.05, 0) is 38.0 Å². The molecule has 0 radical (unpaired) electrons. The van der Waals surface area contributed by atoms with Crippen molar-refractivity contribution >= 4 is 21.8 Å². The summed E-state index contributed by atoms with van der Waals surface area (Å²) < 4.78 is 5.71. The standard InChI is InChI=1S/C13H22BrNO2/c1-8-9(2)17-10(3)11(8)12(16)15-7-13(6-14)4-5-13/h8-11H,4-7H2,1-3H3,(H,15,16). The number of carbonyl (C=O) groups is 1. The van der Waals surface area contributed by atoms with Crippen molar-refractivity contribution in [3.63, 3.8) is 0 Å². The highest BCUT2D eigenvalue weighted by atomic mass is 79.9. The fourth-order valence-corrected chi connectivity index (χ4v) is 3.40. The molecule has 0 aromatic heterocycles. The molecule has 1 amide bonds. The van der Waals surface area contributed by atoms with E-state index >= 15 is 0 Å². The maximum atomic E-state index is 12.2. The lowest BCUT2D eigenvalue weighted by molar-refractivity contribution is -0.127. The third-order valence-corrected chi connectivity index (χ3v) is 5.61. The number of alkyl halides is 1. The van der Waals surface area contributed by atoms with Crippen LogP contribution in [0.3, 0.4) is 0 Å². The molecule has 2 aliphatic rings. The zero-order valence-electron chi connectivity index (χ0n) is 10.8. The molecule has 0 aromatic carbocycles. The van der Waals surface area contributed by atoms with E-state index in [-0.39, 0.29) is 24.0 Å². The lowest BCUT2D eigenvalue weighted by Gasteiger charge is -2.20. The molecule has 2 rings (SSSR count). The Morgan fingerprint density at radius 3 is 2.41 bits per heavy atom. The topological polar surface area (TPSA) is 38.3 Å². The average molecular weight is 304 g/mol. The summed E-state index contributed by atoms with van der Waals surface area (Å²) in [7, 11) is 0. The van der Waals surface area contributed by atoms with Crippen LogP contribution in [-0.2, 0) is 9.53 Å². The quantitative estimate of drug-likeness (QED) is 0.810. The highest BCUT2D eigenvalue weighted by Gasteiger charge is 2.44. The highest BCUT2D eigenvalue weighted by molar-refractivity contribution is 9.09. The van der Waals surface area contributed by atoms with E-state index in [0.717, 1.165) is 11.9 Å². The predicted molar refractivity (Wildman–Crippen MR) is 71.1 cm³/mol. The van der Waals surface area contributed by atoms with Crippen LogP contribution >= 0.6 is 15.9 Å². The van der Waals surface area contributed by atoms with Crippen molar-refractivity contribution in [3.8, 4) is 0 Å². The van der Waals surface area contributed by atoms with E-state index in [1.807, 2.05) is 6.92 Å². The molecule has 2 fully saturated rings. The van der Waals surface area contributed by atoms with Gasteiger partial charge in [0.2, 0.25) is 5.91 Å². The van der Waals surface area contributed by atoms with Gasteiger partial charge in [-0.25, -0.2) is 0 Å². The SMILES string of the molecule is CC1OC(C)C(C(=O)NCC2(CBr)CC2)C1C. The molecule has 0 aromatic rings. The molecule has 98 valence electrons. The number of carbonyl (C=O) groups excluding carboxylic acids is 1. The Kier molecular flexibility index (Phi) is 3.83. The maximum Gasteiger partial charge on any atom is 0.226 e. The summed E-state index contributed by atoms with van der Waals surface area (Å²) in [5.41, 5.74) is 0.340. The predicted octanol–water partition coefficient (Wildman–Crippen LogP) is 2.34. The van der Waals surface area contributed by atoms with Crippen LogP contribution in [0.4, 0.5) is 0 Å². The van der Waals surface area contributed by atoms with E-state index in [1.54, 1.807) is 0 Å².